The molecule has 0 radical (unpaired) electrons. The summed E-state index contributed by atoms with van der Waals surface area (Å²) in [5.41, 5.74) is 13.1. The second-order valence-corrected chi connectivity index (χ2v) is 5.66. The molecule has 6 nitrogen and oxygen atoms in total. The average molecular weight is 327 g/mol. The second kappa shape index (κ2) is 7.42. The van der Waals surface area contributed by atoms with E-state index in [1.54, 1.807) is 0 Å². The largest absolute Gasteiger partial charge is 0.481 e. The van der Waals surface area contributed by atoms with Gasteiger partial charge in [-0.25, -0.2) is 4.98 Å². The molecule has 7 heteroatoms. The van der Waals surface area contributed by atoms with Crippen LogP contribution in [0.15, 0.2) is 34.5 Å². The minimum atomic E-state index is -0.0786. The molecule has 0 aliphatic heterocycles. The first kappa shape index (κ1) is 16.5. The van der Waals surface area contributed by atoms with Crippen LogP contribution in [0.5, 0.6) is 5.75 Å². The lowest BCUT2D eigenvalue weighted by molar-refractivity contribution is 0.370. The highest BCUT2D eigenvalue weighted by molar-refractivity contribution is 7.17. The minimum absolute atomic E-state index is 0.0786. The maximum atomic E-state index is 5.44. The summed E-state index contributed by atoms with van der Waals surface area (Å²) >= 11 is 1.52. The van der Waals surface area contributed by atoms with Crippen LogP contribution in [0.1, 0.15) is 17.5 Å². The number of ether oxygens (including phenoxy) is 1. The summed E-state index contributed by atoms with van der Waals surface area (Å²) in [4.78, 5) is 5.51. The van der Waals surface area contributed by atoms with Gasteiger partial charge in [0.25, 0.3) is 0 Å². The number of guanidine groups is 1. The Labute approximate surface area is 138 Å². The lowest BCUT2D eigenvalue weighted by Crippen LogP contribution is -2.22. The maximum absolute atomic E-state index is 5.44. The van der Waals surface area contributed by atoms with Crippen LogP contribution in [0.3, 0.4) is 0 Å². The van der Waals surface area contributed by atoms with E-state index >= 15 is 0 Å². The van der Waals surface area contributed by atoms with E-state index in [0.717, 1.165) is 21.1 Å². The number of hydrogen-bond donors (Lipinski definition) is 2. The van der Waals surface area contributed by atoms with Crippen LogP contribution in [0.4, 0.5) is 0 Å². The zero-order chi connectivity index (χ0) is 16.8. The lowest BCUT2D eigenvalue weighted by atomic mass is 10.2. The van der Waals surface area contributed by atoms with Gasteiger partial charge in [0.1, 0.15) is 17.4 Å². The molecule has 1 heterocycles. The monoisotopic (exact) mass is 327 g/mol. The van der Waals surface area contributed by atoms with Crippen molar-refractivity contribution in [2.24, 2.45) is 21.7 Å². The Kier molecular flexibility index (Phi) is 5.33. The molecule has 0 spiro atoms. The number of terminal acetylenes is 1. The number of rotatable bonds is 5. The standard InChI is InChI=1S/C16H17N5OS/c1-4-8-22-13-7-5-6-12(9-13)15-19-10(2)14(23-15)11(3)20-21-16(17)18/h1,5-7,9H,8H2,2-3H3,(H4,17,18,21). The van der Waals surface area contributed by atoms with Crippen molar-refractivity contribution in [2.75, 3.05) is 6.61 Å². The number of aromatic nitrogens is 1. The van der Waals surface area contributed by atoms with Gasteiger partial charge >= 0.3 is 0 Å². The fraction of sp³-hybridized carbons (Fsp3) is 0.188. The Morgan fingerprint density at radius 3 is 2.87 bits per heavy atom. The summed E-state index contributed by atoms with van der Waals surface area (Å²) in [6.07, 6.45) is 5.20. The Balaban J connectivity index is 2.32. The lowest BCUT2D eigenvalue weighted by Gasteiger charge is -2.03. The fourth-order valence-corrected chi connectivity index (χ4v) is 2.88. The fourth-order valence-electron chi connectivity index (χ4n) is 1.88. The van der Waals surface area contributed by atoms with Gasteiger partial charge in [0.2, 0.25) is 5.96 Å². The highest BCUT2D eigenvalue weighted by atomic mass is 32.1. The molecular weight excluding hydrogens is 310 g/mol. The first-order chi connectivity index (χ1) is 11.0. The molecule has 0 unspecified atom stereocenters. The van der Waals surface area contributed by atoms with Gasteiger partial charge in [0.15, 0.2) is 0 Å². The molecule has 0 amide bonds. The normalized spacial score (nSPS) is 10.9. The molecule has 0 aliphatic carbocycles. The van der Waals surface area contributed by atoms with Gasteiger partial charge in [-0.2, -0.15) is 5.10 Å². The molecule has 4 N–H and O–H groups in total. The predicted molar refractivity (Wildman–Crippen MR) is 94.6 cm³/mol. The van der Waals surface area contributed by atoms with Crippen LogP contribution in [0.25, 0.3) is 10.6 Å². The number of benzene rings is 1. The van der Waals surface area contributed by atoms with E-state index in [2.05, 4.69) is 21.1 Å². The van der Waals surface area contributed by atoms with Gasteiger partial charge in [-0.05, 0) is 26.0 Å². The van der Waals surface area contributed by atoms with E-state index in [1.807, 2.05) is 38.1 Å². The van der Waals surface area contributed by atoms with E-state index in [-0.39, 0.29) is 12.6 Å². The average Bonchev–Trinajstić information content (AvgIpc) is 2.93. The molecule has 0 saturated heterocycles. The van der Waals surface area contributed by atoms with Crippen LogP contribution in [0, 0.1) is 19.3 Å². The smallest absolute Gasteiger partial charge is 0.211 e. The van der Waals surface area contributed by atoms with Crippen LogP contribution < -0.4 is 16.2 Å². The molecule has 0 saturated carbocycles. The summed E-state index contributed by atoms with van der Waals surface area (Å²) in [7, 11) is 0. The molecule has 118 valence electrons. The van der Waals surface area contributed by atoms with Gasteiger partial charge in [0.05, 0.1) is 16.3 Å². The summed E-state index contributed by atoms with van der Waals surface area (Å²) in [6, 6.07) is 7.63. The second-order valence-electron chi connectivity index (χ2n) is 4.66. The van der Waals surface area contributed by atoms with Crippen molar-refractivity contribution in [3.05, 3.63) is 34.8 Å². The number of thiazole rings is 1. The Morgan fingerprint density at radius 1 is 1.39 bits per heavy atom. The Bertz CT molecular complexity index is 797. The molecule has 0 atom stereocenters. The number of nitrogens with two attached hydrogens (primary N) is 2. The number of hydrogen-bond acceptors (Lipinski definition) is 5. The highest BCUT2D eigenvalue weighted by Crippen LogP contribution is 2.30. The third-order valence-corrected chi connectivity index (χ3v) is 4.16. The summed E-state index contributed by atoms with van der Waals surface area (Å²) < 4.78 is 5.44. The SMILES string of the molecule is C#CCOc1cccc(-c2nc(C)c(C(C)=NN=C(N)N)s2)c1. The zero-order valence-corrected chi connectivity index (χ0v) is 13.7. The first-order valence-electron chi connectivity index (χ1n) is 6.79. The van der Waals surface area contributed by atoms with Crippen molar-refractivity contribution >= 4 is 23.0 Å². The quantitative estimate of drug-likeness (QED) is 0.380. The minimum Gasteiger partial charge on any atom is -0.481 e. The summed E-state index contributed by atoms with van der Waals surface area (Å²) in [5.74, 6) is 3.07. The van der Waals surface area contributed by atoms with E-state index in [9.17, 15) is 0 Å². The van der Waals surface area contributed by atoms with Gasteiger partial charge < -0.3 is 16.2 Å². The maximum Gasteiger partial charge on any atom is 0.211 e. The van der Waals surface area contributed by atoms with E-state index in [0.29, 0.717) is 11.5 Å². The summed E-state index contributed by atoms with van der Waals surface area (Å²) in [5, 5.41) is 8.53. The molecule has 1 aromatic heterocycles. The van der Waals surface area contributed by atoms with Gasteiger partial charge in [-0.1, -0.05) is 18.1 Å². The van der Waals surface area contributed by atoms with Crippen molar-refractivity contribution in [3.8, 4) is 28.7 Å². The molecule has 0 aliphatic rings. The molecule has 0 fully saturated rings. The van der Waals surface area contributed by atoms with Gasteiger partial charge in [-0.3, -0.25) is 0 Å². The molecular formula is C16H17N5OS. The molecule has 2 aromatic rings. The highest BCUT2D eigenvalue weighted by Gasteiger charge is 2.12. The first-order valence-corrected chi connectivity index (χ1v) is 7.60. The number of nitrogens with zero attached hydrogens (tertiary/aromatic N) is 3. The van der Waals surface area contributed by atoms with Crippen molar-refractivity contribution in [2.45, 2.75) is 13.8 Å². The Hall–Kier alpha value is -2.85. The van der Waals surface area contributed by atoms with Crippen LogP contribution >= 0.6 is 11.3 Å². The van der Waals surface area contributed by atoms with Crippen molar-refractivity contribution in [1.29, 1.82) is 0 Å². The third-order valence-electron chi connectivity index (χ3n) is 2.84. The molecule has 0 bridgehead atoms. The van der Waals surface area contributed by atoms with E-state index in [4.69, 9.17) is 22.6 Å². The zero-order valence-electron chi connectivity index (χ0n) is 12.9. The third kappa shape index (κ3) is 4.31. The van der Waals surface area contributed by atoms with E-state index < -0.39 is 0 Å². The van der Waals surface area contributed by atoms with Crippen molar-refractivity contribution < 1.29 is 4.74 Å². The number of aryl methyl sites for hydroxylation is 1. The molecule has 1 aromatic carbocycles. The van der Waals surface area contributed by atoms with Crippen LogP contribution in [-0.4, -0.2) is 23.3 Å². The van der Waals surface area contributed by atoms with Gasteiger partial charge in [0, 0.05) is 5.56 Å². The van der Waals surface area contributed by atoms with Crippen LogP contribution in [0.2, 0.25) is 0 Å². The van der Waals surface area contributed by atoms with Gasteiger partial charge in [-0.15, -0.1) is 22.9 Å². The van der Waals surface area contributed by atoms with Crippen molar-refractivity contribution in [1.82, 2.24) is 4.98 Å². The van der Waals surface area contributed by atoms with Crippen LogP contribution in [-0.2, 0) is 0 Å². The topological polar surface area (TPSA) is 98.9 Å². The predicted octanol–water partition coefficient (Wildman–Crippen LogP) is 2.13. The van der Waals surface area contributed by atoms with E-state index in [1.165, 1.54) is 11.3 Å². The summed E-state index contributed by atoms with van der Waals surface area (Å²) in [6.45, 7) is 3.99. The van der Waals surface area contributed by atoms with Crippen molar-refractivity contribution in [3.63, 3.8) is 0 Å². The molecule has 2 rings (SSSR count). The Morgan fingerprint density at radius 2 is 2.17 bits per heavy atom. The molecule has 23 heavy (non-hydrogen) atoms.